The molecule has 120 valence electrons. The van der Waals surface area contributed by atoms with Gasteiger partial charge in [0.15, 0.2) is 5.69 Å². The highest BCUT2D eigenvalue weighted by Crippen LogP contribution is 2.14. The van der Waals surface area contributed by atoms with Gasteiger partial charge in [0, 0.05) is 30.7 Å². The molecule has 1 N–H and O–H groups in total. The van der Waals surface area contributed by atoms with Crippen molar-refractivity contribution in [2.24, 2.45) is 0 Å². The molecule has 0 saturated carbocycles. The van der Waals surface area contributed by atoms with Crippen molar-refractivity contribution >= 4 is 11.6 Å². The number of aryl methyl sites for hydroxylation is 2. The topological polar surface area (TPSA) is 64.2 Å². The smallest absolute Gasteiger partial charge is 0.274 e. The largest absolute Gasteiger partial charge is 0.348 e. The van der Waals surface area contributed by atoms with E-state index in [1.807, 2.05) is 19.2 Å². The van der Waals surface area contributed by atoms with Gasteiger partial charge in [-0.3, -0.25) is 13.9 Å². The minimum atomic E-state index is -0.630. The maximum atomic E-state index is 14.4. The first-order chi connectivity index (χ1) is 11.1. The lowest BCUT2D eigenvalue weighted by atomic mass is 10.2. The lowest BCUT2D eigenvalue weighted by molar-refractivity contribution is 0.0928. The first kappa shape index (κ1) is 15.2. The number of hydrogen-bond acceptors (Lipinski definition) is 3. The predicted octanol–water partition coefficient (Wildman–Crippen LogP) is 2.19. The molecule has 7 heteroatoms. The van der Waals surface area contributed by atoms with Gasteiger partial charge in [0.1, 0.15) is 5.65 Å². The van der Waals surface area contributed by atoms with Gasteiger partial charge in [0.25, 0.3) is 5.91 Å². The van der Waals surface area contributed by atoms with Crippen molar-refractivity contribution < 1.29 is 9.18 Å². The van der Waals surface area contributed by atoms with Crippen molar-refractivity contribution in [1.29, 1.82) is 0 Å². The van der Waals surface area contributed by atoms with Crippen LogP contribution in [-0.2, 0) is 6.54 Å². The highest BCUT2D eigenvalue weighted by molar-refractivity contribution is 5.93. The van der Waals surface area contributed by atoms with Crippen LogP contribution >= 0.6 is 0 Å². The zero-order chi connectivity index (χ0) is 16.4. The molecule has 0 saturated heterocycles. The number of amides is 1. The molecule has 3 aromatic rings. The number of nitrogens with zero attached hydrogens (tertiary/aromatic N) is 4. The van der Waals surface area contributed by atoms with E-state index in [9.17, 15) is 9.18 Å². The molecule has 0 radical (unpaired) electrons. The maximum absolute atomic E-state index is 14.4. The molecule has 0 aliphatic rings. The minimum absolute atomic E-state index is 0.114. The molecular weight excluding hydrogens is 297 g/mol. The summed E-state index contributed by atoms with van der Waals surface area (Å²) in [5, 5.41) is 6.89. The van der Waals surface area contributed by atoms with Gasteiger partial charge in [-0.1, -0.05) is 6.07 Å². The van der Waals surface area contributed by atoms with Crippen molar-refractivity contribution in [3.05, 3.63) is 54.0 Å². The fraction of sp³-hybridized carbons (Fsp3) is 0.312. The summed E-state index contributed by atoms with van der Waals surface area (Å²) in [5.74, 6) is -1.13. The average molecular weight is 315 g/mol. The lowest BCUT2D eigenvalue weighted by Gasteiger charge is -2.12. The number of fused-ring (bicyclic) bond motifs is 1. The summed E-state index contributed by atoms with van der Waals surface area (Å²) >= 11 is 0. The highest BCUT2D eigenvalue weighted by Gasteiger charge is 2.21. The minimum Gasteiger partial charge on any atom is -0.348 e. The Labute approximate surface area is 133 Å². The Bertz CT molecular complexity index is 824. The SMILES string of the molecule is Cc1cccc2nc(C(=O)N[C@@H](C)CCn3cccn3)c(F)n12. The van der Waals surface area contributed by atoms with E-state index in [2.05, 4.69) is 15.4 Å². The Kier molecular flexibility index (Phi) is 4.10. The lowest BCUT2D eigenvalue weighted by Crippen LogP contribution is -2.34. The van der Waals surface area contributed by atoms with Gasteiger partial charge in [-0.25, -0.2) is 4.98 Å². The molecule has 0 unspecified atom stereocenters. The summed E-state index contributed by atoms with van der Waals surface area (Å²) in [4.78, 5) is 16.4. The average Bonchev–Trinajstić information content (AvgIpc) is 3.14. The van der Waals surface area contributed by atoms with Crippen LogP contribution in [-0.4, -0.2) is 31.1 Å². The van der Waals surface area contributed by atoms with E-state index in [4.69, 9.17) is 0 Å². The van der Waals surface area contributed by atoms with Crippen LogP contribution in [0.5, 0.6) is 0 Å². The number of carbonyl (C=O) groups is 1. The molecule has 1 atom stereocenters. The van der Waals surface area contributed by atoms with Crippen LogP contribution < -0.4 is 5.32 Å². The third-order valence-electron chi connectivity index (χ3n) is 3.73. The van der Waals surface area contributed by atoms with Crippen LogP contribution in [0.15, 0.2) is 36.7 Å². The summed E-state index contributed by atoms with van der Waals surface area (Å²) in [5.41, 5.74) is 0.945. The first-order valence-electron chi connectivity index (χ1n) is 7.48. The normalized spacial score (nSPS) is 12.5. The molecule has 0 aromatic carbocycles. The third kappa shape index (κ3) is 3.08. The molecule has 3 aromatic heterocycles. The molecule has 0 fully saturated rings. The summed E-state index contributed by atoms with van der Waals surface area (Å²) in [6.07, 6.45) is 4.26. The summed E-state index contributed by atoms with van der Waals surface area (Å²) < 4.78 is 17.6. The predicted molar refractivity (Wildman–Crippen MR) is 83.7 cm³/mol. The molecule has 1 amide bonds. The number of pyridine rings is 1. The van der Waals surface area contributed by atoms with Gasteiger partial charge in [0.05, 0.1) is 0 Å². The van der Waals surface area contributed by atoms with E-state index in [0.29, 0.717) is 24.3 Å². The number of halogens is 1. The van der Waals surface area contributed by atoms with E-state index in [-0.39, 0.29) is 11.7 Å². The number of carbonyl (C=O) groups excluding carboxylic acids is 1. The molecule has 3 heterocycles. The number of nitrogens with one attached hydrogen (secondary N) is 1. The molecule has 23 heavy (non-hydrogen) atoms. The van der Waals surface area contributed by atoms with Crippen LogP contribution in [0.3, 0.4) is 0 Å². The van der Waals surface area contributed by atoms with Crippen molar-refractivity contribution in [2.45, 2.75) is 32.9 Å². The van der Waals surface area contributed by atoms with Crippen LogP contribution in [0, 0.1) is 12.9 Å². The molecule has 0 aliphatic heterocycles. The molecule has 6 nitrogen and oxygen atoms in total. The monoisotopic (exact) mass is 315 g/mol. The van der Waals surface area contributed by atoms with Gasteiger partial charge in [-0.2, -0.15) is 9.49 Å². The number of hydrogen-bond donors (Lipinski definition) is 1. The summed E-state index contributed by atoms with van der Waals surface area (Å²) in [6.45, 7) is 4.33. The molecule has 0 bridgehead atoms. The molecule has 3 rings (SSSR count). The number of rotatable bonds is 5. The second-order valence-electron chi connectivity index (χ2n) is 5.54. The highest BCUT2D eigenvalue weighted by atomic mass is 19.1. The van der Waals surface area contributed by atoms with Gasteiger partial charge < -0.3 is 5.32 Å². The van der Waals surface area contributed by atoms with Crippen LogP contribution in [0.25, 0.3) is 5.65 Å². The molecule has 0 spiro atoms. The van der Waals surface area contributed by atoms with Crippen molar-refractivity contribution in [3.8, 4) is 0 Å². The Balaban J connectivity index is 1.70. The zero-order valence-electron chi connectivity index (χ0n) is 13.0. The number of imidazole rings is 1. The van der Waals surface area contributed by atoms with Crippen molar-refractivity contribution in [3.63, 3.8) is 0 Å². The fourth-order valence-electron chi connectivity index (χ4n) is 2.48. The quantitative estimate of drug-likeness (QED) is 0.785. The summed E-state index contributed by atoms with van der Waals surface area (Å²) in [7, 11) is 0. The van der Waals surface area contributed by atoms with Gasteiger partial charge in [-0.05, 0) is 38.5 Å². The van der Waals surface area contributed by atoms with E-state index in [1.54, 1.807) is 36.0 Å². The molecule has 0 aliphatic carbocycles. The van der Waals surface area contributed by atoms with E-state index < -0.39 is 11.9 Å². The van der Waals surface area contributed by atoms with E-state index in [0.717, 1.165) is 0 Å². The van der Waals surface area contributed by atoms with Crippen molar-refractivity contribution in [1.82, 2.24) is 24.5 Å². The van der Waals surface area contributed by atoms with E-state index in [1.165, 1.54) is 4.40 Å². The Morgan fingerprint density at radius 1 is 1.39 bits per heavy atom. The Hall–Kier alpha value is -2.70. The van der Waals surface area contributed by atoms with E-state index >= 15 is 0 Å². The Morgan fingerprint density at radius 2 is 2.22 bits per heavy atom. The first-order valence-corrected chi connectivity index (χ1v) is 7.48. The third-order valence-corrected chi connectivity index (χ3v) is 3.73. The Morgan fingerprint density at radius 3 is 2.91 bits per heavy atom. The second kappa shape index (κ2) is 6.20. The van der Waals surface area contributed by atoms with Crippen LogP contribution in [0.2, 0.25) is 0 Å². The van der Waals surface area contributed by atoms with Gasteiger partial charge in [-0.15, -0.1) is 0 Å². The fourth-order valence-corrected chi connectivity index (χ4v) is 2.48. The van der Waals surface area contributed by atoms with Crippen molar-refractivity contribution in [2.75, 3.05) is 0 Å². The summed E-state index contributed by atoms with van der Waals surface area (Å²) in [6, 6.07) is 6.96. The van der Waals surface area contributed by atoms with Gasteiger partial charge in [0.2, 0.25) is 5.95 Å². The van der Waals surface area contributed by atoms with Crippen LogP contribution in [0.1, 0.15) is 29.5 Å². The number of aromatic nitrogens is 4. The maximum Gasteiger partial charge on any atom is 0.274 e. The molecular formula is C16H18FN5O. The zero-order valence-corrected chi connectivity index (χ0v) is 13.0. The van der Waals surface area contributed by atoms with Crippen LogP contribution in [0.4, 0.5) is 4.39 Å². The van der Waals surface area contributed by atoms with Gasteiger partial charge >= 0.3 is 0 Å². The second-order valence-corrected chi connectivity index (χ2v) is 5.54. The standard InChI is InChI=1S/C16H18FN5O/c1-11(7-10-21-9-4-8-18-21)19-16(23)14-15(17)22-12(2)5-3-6-13(22)20-14/h3-6,8-9,11H,7,10H2,1-2H3,(H,19,23)/t11-/m0/s1.